The van der Waals surface area contributed by atoms with Crippen LogP contribution in [-0.4, -0.2) is 24.8 Å². The molecule has 0 atom stereocenters. The van der Waals surface area contributed by atoms with Gasteiger partial charge in [0.25, 0.3) is 0 Å². The van der Waals surface area contributed by atoms with Crippen LogP contribution in [0.2, 0.25) is 0 Å². The maximum Gasteiger partial charge on any atom is 0.407 e. The lowest BCUT2D eigenvalue weighted by atomic mass is 9.98. The van der Waals surface area contributed by atoms with Crippen molar-refractivity contribution in [1.82, 2.24) is 10.6 Å². The van der Waals surface area contributed by atoms with Crippen LogP contribution in [-0.2, 0) is 11.3 Å². The lowest BCUT2D eigenvalue weighted by Gasteiger charge is -2.20. The van der Waals surface area contributed by atoms with Crippen LogP contribution in [0.25, 0.3) is 11.1 Å². The van der Waals surface area contributed by atoms with E-state index < -0.39 is 6.09 Å². The average Bonchev–Trinajstić information content (AvgIpc) is 3.15. The molecule has 0 heterocycles. The van der Waals surface area contributed by atoms with E-state index in [1.54, 1.807) is 0 Å². The van der Waals surface area contributed by atoms with Gasteiger partial charge in [0.05, 0.1) is 0 Å². The van der Waals surface area contributed by atoms with Gasteiger partial charge in [-0.1, -0.05) is 72.5 Å². The van der Waals surface area contributed by atoms with Gasteiger partial charge in [-0.2, -0.15) is 0 Å². The molecule has 1 aliphatic rings. The summed E-state index contributed by atoms with van der Waals surface area (Å²) in [5.41, 5.74) is 7.17. The Morgan fingerprint density at radius 3 is 2.15 bits per heavy atom. The summed E-state index contributed by atoms with van der Waals surface area (Å²) < 4.78 is 5.56. The average molecular weight is 453 g/mol. The fourth-order valence-corrected chi connectivity index (χ4v) is 4.11. The second-order valence-electron chi connectivity index (χ2n) is 9.60. The van der Waals surface area contributed by atoms with Crippen molar-refractivity contribution in [3.8, 4) is 23.0 Å². The summed E-state index contributed by atoms with van der Waals surface area (Å²) in [7, 11) is 0. The molecule has 3 aromatic carbocycles. The molecular weight excluding hydrogens is 420 g/mol. The van der Waals surface area contributed by atoms with E-state index in [-0.39, 0.29) is 11.5 Å². The third-order valence-corrected chi connectivity index (χ3v) is 5.87. The number of amides is 1. The number of rotatable bonds is 6. The molecule has 1 aliphatic carbocycles. The summed E-state index contributed by atoms with van der Waals surface area (Å²) in [6.07, 6.45) is 0.164. The van der Waals surface area contributed by atoms with Gasteiger partial charge in [-0.3, -0.25) is 0 Å². The van der Waals surface area contributed by atoms with Crippen molar-refractivity contribution in [2.24, 2.45) is 0 Å². The van der Waals surface area contributed by atoms with E-state index in [2.05, 4.69) is 79.6 Å². The van der Waals surface area contributed by atoms with E-state index in [0.29, 0.717) is 19.6 Å². The monoisotopic (exact) mass is 452 g/mol. The van der Waals surface area contributed by atoms with Gasteiger partial charge in [-0.05, 0) is 60.7 Å². The Bertz CT molecular complexity index is 1150. The number of alkyl carbamates (subject to hydrolysis) is 1. The second kappa shape index (κ2) is 10.6. The van der Waals surface area contributed by atoms with Gasteiger partial charge >= 0.3 is 6.09 Å². The molecule has 0 saturated carbocycles. The third-order valence-electron chi connectivity index (χ3n) is 5.87. The summed E-state index contributed by atoms with van der Waals surface area (Å²) in [5.74, 6) is 6.34. The first-order chi connectivity index (χ1) is 16.4. The molecule has 0 aromatic heterocycles. The molecule has 4 rings (SSSR count). The van der Waals surface area contributed by atoms with Crippen molar-refractivity contribution in [3.05, 3.63) is 95.1 Å². The smallest absolute Gasteiger partial charge is 0.407 e. The maximum absolute atomic E-state index is 12.2. The van der Waals surface area contributed by atoms with Crippen LogP contribution >= 0.6 is 0 Å². The van der Waals surface area contributed by atoms with E-state index in [9.17, 15) is 4.79 Å². The zero-order valence-corrected chi connectivity index (χ0v) is 20.2. The topological polar surface area (TPSA) is 50.4 Å². The first-order valence-corrected chi connectivity index (χ1v) is 11.8. The van der Waals surface area contributed by atoms with E-state index in [1.165, 1.54) is 27.8 Å². The van der Waals surface area contributed by atoms with Crippen LogP contribution in [0.5, 0.6) is 0 Å². The van der Waals surface area contributed by atoms with Gasteiger partial charge in [-0.15, -0.1) is 0 Å². The maximum atomic E-state index is 12.2. The number of carbonyl (C=O) groups excluding carboxylic acids is 1. The predicted octanol–water partition coefficient (Wildman–Crippen LogP) is 5.86. The van der Waals surface area contributed by atoms with Gasteiger partial charge in [0, 0.05) is 36.5 Å². The van der Waals surface area contributed by atoms with Crippen LogP contribution in [0.3, 0.4) is 0 Å². The summed E-state index contributed by atoms with van der Waals surface area (Å²) in [6.45, 7) is 8.08. The van der Waals surface area contributed by atoms with Gasteiger partial charge < -0.3 is 15.4 Å². The number of carbonyl (C=O) groups is 1. The van der Waals surface area contributed by atoms with Crippen molar-refractivity contribution in [1.29, 1.82) is 0 Å². The van der Waals surface area contributed by atoms with Crippen LogP contribution in [0.1, 0.15) is 55.4 Å². The van der Waals surface area contributed by atoms with Crippen LogP contribution in [0.4, 0.5) is 4.79 Å². The van der Waals surface area contributed by atoms with Crippen LogP contribution in [0, 0.1) is 11.8 Å². The highest BCUT2D eigenvalue weighted by Crippen LogP contribution is 2.44. The Balaban J connectivity index is 1.22. The highest BCUT2D eigenvalue weighted by Gasteiger charge is 2.28. The molecule has 174 valence electrons. The standard InChI is InChI=1S/C30H32N2O2/c1-30(2,3)32-20-23-17-15-22(16-18-23)10-8-9-19-31-29(33)34-21-28-26-13-6-4-11-24(26)25-12-5-7-14-27(25)28/h4-7,11-18,28,32H,9,19-21H2,1-3H3,(H,31,33). The highest BCUT2D eigenvalue weighted by atomic mass is 16.5. The number of hydrogen-bond donors (Lipinski definition) is 2. The fraction of sp³-hybridized carbons (Fsp3) is 0.300. The van der Waals surface area contributed by atoms with Gasteiger partial charge in [0.15, 0.2) is 0 Å². The van der Waals surface area contributed by atoms with Gasteiger partial charge in [0.1, 0.15) is 6.61 Å². The minimum atomic E-state index is -0.403. The molecule has 0 bridgehead atoms. The van der Waals surface area contributed by atoms with Crippen molar-refractivity contribution < 1.29 is 9.53 Å². The van der Waals surface area contributed by atoms with Gasteiger partial charge in [0.2, 0.25) is 0 Å². The van der Waals surface area contributed by atoms with E-state index in [1.807, 2.05) is 36.4 Å². The summed E-state index contributed by atoms with van der Waals surface area (Å²) >= 11 is 0. The van der Waals surface area contributed by atoms with Crippen molar-refractivity contribution in [2.75, 3.05) is 13.2 Å². The zero-order valence-electron chi connectivity index (χ0n) is 20.2. The molecule has 0 spiro atoms. The molecule has 2 N–H and O–H groups in total. The molecule has 0 radical (unpaired) electrons. The largest absolute Gasteiger partial charge is 0.449 e. The summed E-state index contributed by atoms with van der Waals surface area (Å²) in [4.78, 5) is 12.2. The molecule has 0 aliphatic heterocycles. The number of benzene rings is 3. The minimum absolute atomic E-state index is 0.0690. The summed E-state index contributed by atoms with van der Waals surface area (Å²) in [6, 6.07) is 24.9. The number of nitrogens with one attached hydrogen (secondary N) is 2. The number of ether oxygens (including phenoxy) is 1. The van der Waals surface area contributed by atoms with Crippen LogP contribution in [0.15, 0.2) is 72.8 Å². The SMILES string of the molecule is CC(C)(C)NCc1ccc(C#CCCNC(=O)OCC2c3ccccc3-c3ccccc32)cc1. The van der Waals surface area contributed by atoms with Crippen molar-refractivity contribution in [3.63, 3.8) is 0 Å². The molecule has 4 nitrogen and oxygen atoms in total. The molecule has 0 unspecified atom stereocenters. The lowest BCUT2D eigenvalue weighted by molar-refractivity contribution is 0.143. The Kier molecular flexibility index (Phi) is 7.35. The molecular formula is C30H32N2O2. The van der Waals surface area contributed by atoms with E-state index in [4.69, 9.17) is 4.74 Å². The van der Waals surface area contributed by atoms with Crippen molar-refractivity contribution in [2.45, 2.75) is 45.2 Å². The Hall–Kier alpha value is -3.55. The van der Waals surface area contributed by atoms with Crippen LogP contribution < -0.4 is 10.6 Å². The Morgan fingerprint density at radius 2 is 1.53 bits per heavy atom. The molecule has 1 amide bonds. The molecule has 0 saturated heterocycles. The fourth-order valence-electron chi connectivity index (χ4n) is 4.11. The quantitative estimate of drug-likeness (QED) is 0.364. The molecule has 3 aromatic rings. The second-order valence-corrected chi connectivity index (χ2v) is 9.60. The first-order valence-electron chi connectivity index (χ1n) is 11.8. The molecule has 4 heteroatoms. The first kappa shape index (κ1) is 23.6. The van der Waals surface area contributed by atoms with E-state index >= 15 is 0 Å². The Labute approximate surface area is 202 Å². The lowest BCUT2D eigenvalue weighted by Crippen LogP contribution is -2.35. The predicted molar refractivity (Wildman–Crippen MR) is 138 cm³/mol. The van der Waals surface area contributed by atoms with E-state index in [0.717, 1.165) is 12.1 Å². The zero-order chi connectivity index (χ0) is 24.0. The normalized spacial score (nSPS) is 12.3. The minimum Gasteiger partial charge on any atom is -0.449 e. The van der Waals surface area contributed by atoms with Crippen molar-refractivity contribution >= 4 is 6.09 Å². The molecule has 0 fully saturated rings. The summed E-state index contributed by atoms with van der Waals surface area (Å²) in [5, 5.41) is 6.29. The third kappa shape index (κ3) is 6.07. The molecule has 34 heavy (non-hydrogen) atoms. The number of fused-ring (bicyclic) bond motifs is 3. The van der Waals surface area contributed by atoms with Gasteiger partial charge in [-0.25, -0.2) is 4.79 Å². The Morgan fingerprint density at radius 1 is 0.912 bits per heavy atom. The number of hydrogen-bond acceptors (Lipinski definition) is 3. The highest BCUT2D eigenvalue weighted by molar-refractivity contribution is 5.79.